The molecule has 0 aliphatic rings. The Morgan fingerprint density at radius 3 is 2.28 bits per heavy atom. The minimum absolute atomic E-state index is 0.226. The molecule has 1 unspecified atom stereocenters. The summed E-state index contributed by atoms with van der Waals surface area (Å²) in [4.78, 5) is 22.7. The van der Waals surface area contributed by atoms with Gasteiger partial charge < -0.3 is 10.5 Å². The van der Waals surface area contributed by atoms with Gasteiger partial charge in [0.2, 0.25) is 5.54 Å². The first-order valence-corrected chi connectivity index (χ1v) is 9.12. The van der Waals surface area contributed by atoms with Crippen LogP contribution in [0.2, 0.25) is 0 Å². The van der Waals surface area contributed by atoms with E-state index in [1.807, 2.05) is 43.3 Å². The Balaban J connectivity index is 2.51. The minimum atomic E-state index is -1.28. The van der Waals surface area contributed by atoms with Gasteiger partial charge in [-0.25, -0.2) is 10.2 Å². The summed E-state index contributed by atoms with van der Waals surface area (Å²) in [6.45, 7) is 5.12. The van der Waals surface area contributed by atoms with Crippen LogP contribution in [0, 0.1) is 17.0 Å². The number of rotatable bonds is 8. The molecule has 0 saturated carbocycles. The molecule has 2 aromatic rings. The lowest BCUT2D eigenvalue weighted by Gasteiger charge is -2.28. The van der Waals surface area contributed by atoms with Crippen LogP contribution in [0.4, 0.5) is 4.79 Å². The fourth-order valence-electron chi connectivity index (χ4n) is 3.03. The molecule has 0 radical (unpaired) electrons. The molecule has 0 aromatic heterocycles. The van der Waals surface area contributed by atoms with Crippen LogP contribution in [-0.2, 0) is 0 Å². The van der Waals surface area contributed by atoms with E-state index in [-0.39, 0.29) is 11.3 Å². The molecule has 2 amide bonds. The average molecular weight is 398 g/mol. The predicted octanol–water partition coefficient (Wildman–Crippen LogP) is 3.61. The molecule has 8 nitrogen and oxygen atoms in total. The normalized spacial score (nSPS) is 12.9. The maximum atomic E-state index is 11.8. The Morgan fingerprint density at radius 1 is 1.21 bits per heavy atom. The highest BCUT2D eigenvalue weighted by Crippen LogP contribution is 2.35. The number of amides is 2. The fourth-order valence-corrected chi connectivity index (χ4v) is 3.03. The van der Waals surface area contributed by atoms with Crippen LogP contribution in [0.5, 0.6) is 5.75 Å². The zero-order valence-electron chi connectivity index (χ0n) is 17.0. The summed E-state index contributed by atoms with van der Waals surface area (Å²) in [5, 5.41) is 16.0. The smallest absolute Gasteiger partial charge is 0.332 e. The van der Waals surface area contributed by atoms with Crippen molar-refractivity contribution >= 4 is 11.7 Å². The highest BCUT2D eigenvalue weighted by molar-refractivity contribution is 6.01. The zero-order chi connectivity index (χ0) is 21.6. The van der Waals surface area contributed by atoms with E-state index < -0.39 is 17.5 Å². The minimum Gasteiger partial charge on any atom is -0.497 e. The first-order chi connectivity index (χ1) is 13.6. The van der Waals surface area contributed by atoms with Gasteiger partial charge in [-0.3, -0.25) is 10.1 Å². The van der Waals surface area contributed by atoms with Gasteiger partial charge in [-0.05, 0) is 30.2 Å². The van der Waals surface area contributed by atoms with Crippen LogP contribution in [0.25, 0.3) is 0 Å². The van der Waals surface area contributed by atoms with Crippen molar-refractivity contribution < 1.29 is 14.5 Å². The third-order valence-corrected chi connectivity index (χ3v) is 4.92. The monoisotopic (exact) mass is 398 g/mol. The van der Waals surface area contributed by atoms with Crippen molar-refractivity contribution in [2.45, 2.75) is 38.6 Å². The molecule has 29 heavy (non-hydrogen) atoms. The average Bonchev–Trinajstić information content (AvgIpc) is 2.68. The molecule has 0 heterocycles. The lowest BCUT2D eigenvalue weighted by molar-refractivity contribution is -0.565. The Hall–Kier alpha value is -3.42. The third kappa shape index (κ3) is 5.54. The Labute approximate surface area is 169 Å². The second-order valence-electron chi connectivity index (χ2n) is 7.34. The number of benzene rings is 2. The molecule has 2 aromatic carbocycles. The number of nitrogens with one attached hydrogen (secondary N) is 1. The number of urea groups is 1. The van der Waals surface area contributed by atoms with Crippen molar-refractivity contribution in [3.05, 3.63) is 75.3 Å². The number of carbonyl (C=O) groups is 1. The second-order valence-corrected chi connectivity index (χ2v) is 7.34. The number of nitro groups is 1. The van der Waals surface area contributed by atoms with E-state index in [1.165, 1.54) is 0 Å². The highest BCUT2D eigenvalue weighted by Gasteiger charge is 2.42. The van der Waals surface area contributed by atoms with Crippen molar-refractivity contribution in [2.75, 3.05) is 7.11 Å². The van der Waals surface area contributed by atoms with Crippen LogP contribution in [0.15, 0.2) is 53.6 Å². The van der Waals surface area contributed by atoms with Gasteiger partial charge in [0.15, 0.2) is 0 Å². The summed E-state index contributed by atoms with van der Waals surface area (Å²) in [6.07, 6.45) is 0.226. The number of hydrogen-bond acceptors (Lipinski definition) is 5. The third-order valence-electron chi connectivity index (χ3n) is 4.92. The van der Waals surface area contributed by atoms with Crippen LogP contribution in [0.1, 0.15) is 42.9 Å². The molecule has 0 aliphatic carbocycles. The van der Waals surface area contributed by atoms with E-state index >= 15 is 0 Å². The van der Waals surface area contributed by atoms with Gasteiger partial charge in [-0.15, -0.1) is 0 Å². The van der Waals surface area contributed by atoms with Gasteiger partial charge in [-0.1, -0.05) is 42.0 Å². The molecule has 8 heteroatoms. The highest BCUT2D eigenvalue weighted by atomic mass is 16.6. The van der Waals surface area contributed by atoms with Crippen LogP contribution >= 0.6 is 0 Å². The van der Waals surface area contributed by atoms with Gasteiger partial charge in [0.1, 0.15) is 5.75 Å². The summed E-state index contributed by atoms with van der Waals surface area (Å²) in [5.41, 5.74) is 9.22. The Morgan fingerprint density at radius 2 is 1.79 bits per heavy atom. The van der Waals surface area contributed by atoms with Crippen molar-refractivity contribution in [1.29, 1.82) is 0 Å². The van der Waals surface area contributed by atoms with E-state index in [1.54, 1.807) is 33.1 Å². The molecule has 154 valence electrons. The van der Waals surface area contributed by atoms with Gasteiger partial charge in [0, 0.05) is 25.2 Å². The molecule has 2 rings (SSSR count). The molecular weight excluding hydrogens is 372 g/mol. The maximum absolute atomic E-state index is 11.8. The summed E-state index contributed by atoms with van der Waals surface area (Å²) in [5.74, 6) is 0.146. The molecule has 0 spiro atoms. The molecule has 0 fully saturated rings. The molecular formula is C21H26N4O4. The van der Waals surface area contributed by atoms with Gasteiger partial charge in [0.05, 0.1) is 18.7 Å². The molecule has 0 bridgehead atoms. The SMILES string of the molecule is COc1ccc(C(C/C(=N\NC(N)=O)c2ccc(C)cc2)C(C)(C)[N+](=O)[O-])cc1. The Bertz CT molecular complexity index is 890. The zero-order valence-corrected chi connectivity index (χ0v) is 17.0. The van der Waals surface area contributed by atoms with Crippen molar-refractivity contribution in [1.82, 2.24) is 5.43 Å². The van der Waals surface area contributed by atoms with Crippen molar-refractivity contribution in [3.63, 3.8) is 0 Å². The number of hydrogen-bond donors (Lipinski definition) is 2. The van der Waals surface area contributed by atoms with Gasteiger partial charge in [0.25, 0.3) is 0 Å². The first kappa shape index (κ1) is 21.9. The predicted molar refractivity (Wildman–Crippen MR) is 112 cm³/mol. The molecule has 0 saturated heterocycles. The number of primary amides is 1. The number of carbonyl (C=O) groups excluding carboxylic acids is 1. The molecule has 3 N–H and O–H groups in total. The van der Waals surface area contributed by atoms with E-state index in [0.29, 0.717) is 11.5 Å². The van der Waals surface area contributed by atoms with Gasteiger partial charge in [-0.2, -0.15) is 5.10 Å². The number of aryl methyl sites for hydroxylation is 1. The maximum Gasteiger partial charge on any atom is 0.332 e. The van der Waals surface area contributed by atoms with Crippen molar-refractivity contribution in [3.8, 4) is 5.75 Å². The number of hydrazone groups is 1. The number of nitrogens with two attached hydrogens (primary N) is 1. The van der Waals surface area contributed by atoms with E-state index in [0.717, 1.165) is 16.7 Å². The van der Waals surface area contributed by atoms with E-state index in [2.05, 4.69) is 10.5 Å². The quantitative estimate of drug-likeness (QED) is 0.401. The van der Waals surface area contributed by atoms with Crippen molar-refractivity contribution in [2.24, 2.45) is 10.8 Å². The van der Waals surface area contributed by atoms with Crippen LogP contribution in [-0.4, -0.2) is 29.3 Å². The fraction of sp³-hybridized carbons (Fsp3) is 0.333. The first-order valence-electron chi connectivity index (χ1n) is 9.12. The van der Waals surface area contributed by atoms with Crippen LogP contribution in [0.3, 0.4) is 0 Å². The molecule has 0 aliphatic heterocycles. The lowest BCUT2D eigenvalue weighted by Crippen LogP contribution is -2.39. The lowest BCUT2D eigenvalue weighted by atomic mass is 9.78. The summed E-state index contributed by atoms with van der Waals surface area (Å²) in [7, 11) is 1.56. The molecule has 1 atom stereocenters. The summed E-state index contributed by atoms with van der Waals surface area (Å²) < 4.78 is 5.19. The second kappa shape index (κ2) is 9.18. The number of ether oxygens (including phenoxy) is 1. The van der Waals surface area contributed by atoms with E-state index in [4.69, 9.17) is 10.5 Å². The number of nitrogens with zero attached hydrogens (tertiary/aromatic N) is 2. The number of methoxy groups -OCH3 is 1. The summed E-state index contributed by atoms with van der Waals surface area (Å²) in [6, 6.07) is 13.9. The topological polar surface area (TPSA) is 120 Å². The van der Waals surface area contributed by atoms with Crippen LogP contribution < -0.4 is 15.9 Å². The van der Waals surface area contributed by atoms with E-state index in [9.17, 15) is 14.9 Å². The largest absolute Gasteiger partial charge is 0.497 e. The standard InChI is InChI=1S/C21H26N4O4/c1-14-5-7-16(8-6-14)19(23-24-20(22)26)13-18(21(2,3)25(27)28)15-9-11-17(29-4)12-10-15/h5-12,18H,13H2,1-4H3,(H3,22,24,26)/b23-19+. The Kier molecular flexibility index (Phi) is 6.93. The summed E-state index contributed by atoms with van der Waals surface area (Å²) >= 11 is 0. The van der Waals surface area contributed by atoms with Gasteiger partial charge >= 0.3 is 6.03 Å².